The smallest absolute Gasteiger partial charge is 0.247 e. The summed E-state index contributed by atoms with van der Waals surface area (Å²) in [6.45, 7) is 0.220. The van der Waals surface area contributed by atoms with Crippen molar-refractivity contribution in [2.75, 3.05) is 26.0 Å². The van der Waals surface area contributed by atoms with Crippen LogP contribution >= 0.6 is 11.3 Å². The summed E-state index contributed by atoms with van der Waals surface area (Å²) < 4.78 is 5.29. The van der Waals surface area contributed by atoms with Gasteiger partial charge in [-0.2, -0.15) is 0 Å². The van der Waals surface area contributed by atoms with Gasteiger partial charge in [-0.1, -0.05) is 5.92 Å². The summed E-state index contributed by atoms with van der Waals surface area (Å²) >= 11 is 1.47. The van der Waals surface area contributed by atoms with Crippen molar-refractivity contribution in [3.63, 3.8) is 0 Å². The summed E-state index contributed by atoms with van der Waals surface area (Å²) in [7, 11) is 3.70. The number of amides is 1. The minimum Gasteiger partial charge on any atom is -0.481 e. The molecule has 1 aromatic carbocycles. The number of carbonyl (C=O) groups is 1. The quantitative estimate of drug-likeness (QED) is 0.832. The van der Waals surface area contributed by atoms with E-state index in [-0.39, 0.29) is 12.5 Å². The van der Waals surface area contributed by atoms with Gasteiger partial charge in [0.1, 0.15) is 18.4 Å². The Morgan fingerprint density at radius 3 is 2.73 bits per heavy atom. The van der Waals surface area contributed by atoms with Crippen molar-refractivity contribution in [3.8, 4) is 18.1 Å². The molecule has 6 heteroatoms. The Hall–Kier alpha value is -2.36. The number of hydrogen-bond acceptors (Lipinski definition) is 5. The maximum atomic E-state index is 12.5. The summed E-state index contributed by atoms with van der Waals surface area (Å²) in [4.78, 5) is 18.5. The van der Waals surface area contributed by atoms with Gasteiger partial charge in [0, 0.05) is 11.1 Å². The average molecular weight is 315 g/mol. The highest BCUT2D eigenvalue weighted by molar-refractivity contribution is 7.07. The SMILES string of the molecule is C#CCOc1ccc(NC(=O)C(c2cscn2)N(C)C)cc1. The lowest BCUT2D eigenvalue weighted by Gasteiger charge is -2.21. The number of benzene rings is 1. The summed E-state index contributed by atoms with van der Waals surface area (Å²) in [6, 6.07) is 6.65. The second-order valence-electron chi connectivity index (χ2n) is 4.79. The van der Waals surface area contributed by atoms with Crippen LogP contribution in [0.2, 0.25) is 0 Å². The fraction of sp³-hybridized carbons (Fsp3) is 0.250. The number of carbonyl (C=O) groups excluding carboxylic acids is 1. The Balaban J connectivity index is 2.05. The Labute approximate surface area is 133 Å². The highest BCUT2D eigenvalue weighted by Crippen LogP contribution is 2.21. The maximum absolute atomic E-state index is 12.5. The lowest BCUT2D eigenvalue weighted by molar-refractivity contribution is -0.120. The summed E-state index contributed by atoms with van der Waals surface area (Å²) in [5.74, 6) is 2.94. The first-order valence-electron chi connectivity index (χ1n) is 6.63. The molecule has 1 unspecified atom stereocenters. The Morgan fingerprint density at radius 1 is 1.45 bits per heavy atom. The largest absolute Gasteiger partial charge is 0.481 e. The Kier molecular flexibility index (Phi) is 5.53. The first kappa shape index (κ1) is 16.0. The van der Waals surface area contributed by atoms with E-state index in [4.69, 9.17) is 11.2 Å². The maximum Gasteiger partial charge on any atom is 0.247 e. The summed E-state index contributed by atoms with van der Waals surface area (Å²) in [5, 5.41) is 4.76. The van der Waals surface area contributed by atoms with Crippen LogP contribution in [0.25, 0.3) is 0 Å². The van der Waals surface area contributed by atoms with E-state index in [0.29, 0.717) is 11.4 Å². The Morgan fingerprint density at radius 2 is 2.18 bits per heavy atom. The van der Waals surface area contributed by atoms with E-state index < -0.39 is 6.04 Å². The van der Waals surface area contributed by atoms with E-state index in [1.807, 2.05) is 24.4 Å². The van der Waals surface area contributed by atoms with E-state index in [2.05, 4.69) is 16.2 Å². The minimum atomic E-state index is -0.427. The molecule has 5 nitrogen and oxygen atoms in total. The number of terminal acetylenes is 1. The zero-order chi connectivity index (χ0) is 15.9. The number of ether oxygens (including phenoxy) is 1. The first-order valence-corrected chi connectivity index (χ1v) is 7.58. The lowest BCUT2D eigenvalue weighted by atomic mass is 10.2. The van der Waals surface area contributed by atoms with E-state index in [1.54, 1.807) is 29.8 Å². The molecule has 0 radical (unpaired) electrons. The third-order valence-corrected chi connectivity index (χ3v) is 3.55. The van der Waals surface area contributed by atoms with Crippen molar-refractivity contribution in [3.05, 3.63) is 40.8 Å². The predicted octanol–water partition coefficient (Wildman–Crippen LogP) is 2.40. The number of aromatic nitrogens is 1. The minimum absolute atomic E-state index is 0.131. The molecule has 1 aromatic heterocycles. The molecule has 0 aliphatic rings. The third-order valence-electron chi connectivity index (χ3n) is 2.94. The van der Waals surface area contributed by atoms with Gasteiger partial charge in [0.15, 0.2) is 0 Å². The van der Waals surface area contributed by atoms with Crippen LogP contribution in [0.15, 0.2) is 35.2 Å². The van der Waals surface area contributed by atoms with Gasteiger partial charge < -0.3 is 10.1 Å². The van der Waals surface area contributed by atoms with Crippen LogP contribution < -0.4 is 10.1 Å². The monoisotopic (exact) mass is 315 g/mol. The van der Waals surface area contributed by atoms with Gasteiger partial charge in [0.05, 0.1) is 11.2 Å². The van der Waals surface area contributed by atoms with Crippen LogP contribution in [0.4, 0.5) is 5.69 Å². The predicted molar refractivity (Wildman–Crippen MR) is 87.9 cm³/mol. The van der Waals surface area contributed by atoms with Gasteiger partial charge in [-0.25, -0.2) is 4.98 Å². The van der Waals surface area contributed by atoms with Crippen LogP contribution in [0, 0.1) is 12.3 Å². The number of likely N-dealkylation sites (N-methyl/N-ethyl adjacent to an activating group) is 1. The second kappa shape index (κ2) is 7.59. The molecule has 0 fully saturated rings. The highest BCUT2D eigenvalue weighted by Gasteiger charge is 2.24. The zero-order valence-electron chi connectivity index (χ0n) is 12.4. The van der Waals surface area contributed by atoms with E-state index in [9.17, 15) is 4.79 Å². The molecule has 1 N–H and O–H groups in total. The normalized spacial score (nSPS) is 11.7. The molecule has 1 heterocycles. The second-order valence-corrected chi connectivity index (χ2v) is 5.50. The van der Waals surface area contributed by atoms with Gasteiger partial charge in [0.2, 0.25) is 5.91 Å². The van der Waals surface area contributed by atoms with Gasteiger partial charge in [-0.3, -0.25) is 9.69 Å². The van der Waals surface area contributed by atoms with Gasteiger partial charge in [0.25, 0.3) is 0 Å². The standard InChI is InChI=1S/C16H17N3O2S/c1-4-9-21-13-7-5-12(6-8-13)18-16(20)15(19(2)3)14-10-22-11-17-14/h1,5-8,10-11,15H,9H2,2-3H3,(H,18,20). The van der Waals surface area contributed by atoms with Crippen molar-refractivity contribution < 1.29 is 9.53 Å². The van der Waals surface area contributed by atoms with Crippen molar-refractivity contribution in [1.82, 2.24) is 9.88 Å². The highest BCUT2D eigenvalue weighted by atomic mass is 32.1. The van der Waals surface area contributed by atoms with Crippen LogP contribution in [0.3, 0.4) is 0 Å². The van der Waals surface area contributed by atoms with Gasteiger partial charge in [-0.15, -0.1) is 17.8 Å². The molecule has 0 saturated heterocycles. The molecule has 0 bridgehead atoms. The fourth-order valence-electron chi connectivity index (χ4n) is 1.96. The number of nitrogens with zero attached hydrogens (tertiary/aromatic N) is 2. The molecule has 114 valence electrons. The molecule has 2 aromatic rings. The van der Waals surface area contributed by atoms with Crippen molar-refractivity contribution in [2.24, 2.45) is 0 Å². The van der Waals surface area contributed by atoms with Crippen LogP contribution in [-0.4, -0.2) is 36.5 Å². The Bertz CT molecular complexity index is 645. The van der Waals surface area contributed by atoms with E-state index >= 15 is 0 Å². The number of thiazole rings is 1. The summed E-state index contributed by atoms with van der Waals surface area (Å²) in [6.07, 6.45) is 5.14. The summed E-state index contributed by atoms with van der Waals surface area (Å²) in [5.41, 5.74) is 3.15. The van der Waals surface area contributed by atoms with Crippen LogP contribution in [0.1, 0.15) is 11.7 Å². The van der Waals surface area contributed by atoms with Crippen molar-refractivity contribution in [2.45, 2.75) is 6.04 Å². The molecular weight excluding hydrogens is 298 g/mol. The third kappa shape index (κ3) is 4.07. The molecule has 1 atom stereocenters. The molecule has 22 heavy (non-hydrogen) atoms. The number of anilines is 1. The van der Waals surface area contributed by atoms with E-state index in [0.717, 1.165) is 5.69 Å². The number of nitrogens with one attached hydrogen (secondary N) is 1. The molecule has 1 amide bonds. The lowest BCUT2D eigenvalue weighted by Crippen LogP contribution is -2.32. The van der Waals surface area contributed by atoms with Crippen molar-refractivity contribution in [1.29, 1.82) is 0 Å². The topological polar surface area (TPSA) is 54.5 Å². The average Bonchev–Trinajstić information content (AvgIpc) is 3.00. The van der Waals surface area contributed by atoms with E-state index in [1.165, 1.54) is 11.3 Å². The van der Waals surface area contributed by atoms with Crippen molar-refractivity contribution >= 4 is 22.9 Å². The van der Waals surface area contributed by atoms with Gasteiger partial charge >= 0.3 is 0 Å². The molecular formula is C16H17N3O2S. The first-order chi connectivity index (χ1) is 10.6. The molecule has 0 saturated carbocycles. The zero-order valence-corrected chi connectivity index (χ0v) is 13.3. The van der Waals surface area contributed by atoms with Crippen LogP contribution in [-0.2, 0) is 4.79 Å². The molecule has 0 aliphatic carbocycles. The fourth-order valence-corrected chi connectivity index (χ4v) is 2.53. The molecule has 0 aliphatic heterocycles. The number of hydrogen-bond donors (Lipinski definition) is 1. The number of rotatable bonds is 6. The van der Waals surface area contributed by atoms with Crippen LogP contribution in [0.5, 0.6) is 5.75 Å². The molecule has 2 rings (SSSR count). The molecule has 0 spiro atoms. The van der Waals surface area contributed by atoms with Gasteiger partial charge in [-0.05, 0) is 38.4 Å².